The fraction of sp³-hybridized carbons (Fsp3) is 0.263. The zero-order valence-corrected chi connectivity index (χ0v) is 15.1. The minimum atomic E-state index is -0.249. The highest BCUT2D eigenvalue weighted by molar-refractivity contribution is 6.31. The lowest BCUT2D eigenvalue weighted by Crippen LogP contribution is -2.14. The Morgan fingerprint density at radius 1 is 1.04 bits per heavy atom. The van der Waals surface area contributed by atoms with Crippen molar-refractivity contribution in [2.75, 3.05) is 19.5 Å². The summed E-state index contributed by atoms with van der Waals surface area (Å²) in [6, 6.07) is 10.2. The molecule has 0 spiro atoms. The first kappa shape index (κ1) is 18.8. The molecule has 25 heavy (non-hydrogen) atoms. The van der Waals surface area contributed by atoms with E-state index in [1.165, 1.54) is 14.2 Å². The molecule has 6 heteroatoms. The maximum absolute atomic E-state index is 12.4. The predicted molar refractivity (Wildman–Crippen MR) is 97.9 cm³/mol. The molecule has 2 aromatic rings. The molecule has 2 aromatic carbocycles. The maximum Gasteiger partial charge on any atom is 0.224 e. The lowest BCUT2D eigenvalue weighted by Gasteiger charge is -2.10. The van der Waals surface area contributed by atoms with Gasteiger partial charge in [0.05, 0.1) is 19.8 Å². The standard InChI is InChI=1S/C19H20ClNO4/c1-12-4-5-13(10-16(12)20)21-19(23)9-8-17(22)15-7-6-14(24-2)11-18(15)25-3/h4-7,10-11H,8-9H2,1-3H3,(H,21,23). The Kier molecular flexibility index (Phi) is 6.42. The second-order valence-corrected chi connectivity index (χ2v) is 5.91. The Morgan fingerprint density at radius 3 is 2.44 bits per heavy atom. The summed E-state index contributed by atoms with van der Waals surface area (Å²) in [5.74, 6) is 0.606. The monoisotopic (exact) mass is 361 g/mol. The van der Waals surface area contributed by atoms with E-state index >= 15 is 0 Å². The number of ether oxygens (including phenoxy) is 2. The van der Waals surface area contributed by atoms with E-state index in [1.54, 1.807) is 30.3 Å². The molecule has 1 N–H and O–H groups in total. The molecule has 0 saturated heterocycles. The van der Waals surface area contributed by atoms with Crippen molar-refractivity contribution in [2.24, 2.45) is 0 Å². The highest BCUT2D eigenvalue weighted by atomic mass is 35.5. The second-order valence-electron chi connectivity index (χ2n) is 5.50. The van der Waals surface area contributed by atoms with Gasteiger partial charge in [0.25, 0.3) is 0 Å². The third-order valence-electron chi connectivity index (χ3n) is 3.74. The molecule has 2 rings (SSSR count). The van der Waals surface area contributed by atoms with E-state index in [4.69, 9.17) is 21.1 Å². The summed E-state index contributed by atoms with van der Waals surface area (Å²) in [4.78, 5) is 24.4. The number of benzene rings is 2. The third-order valence-corrected chi connectivity index (χ3v) is 4.15. The Balaban J connectivity index is 1.97. The molecular formula is C19H20ClNO4. The van der Waals surface area contributed by atoms with Crippen LogP contribution in [0.25, 0.3) is 0 Å². The SMILES string of the molecule is COc1ccc(C(=O)CCC(=O)Nc2ccc(C)c(Cl)c2)c(OC)c1. The molecule has 0 fully saturated rings. The van der Waals surface area contributed by atoms with Gasteiger partial charge in [0.1, 0.15) is 11.5 Å². The molecule has 5 nitrogen and oxygen atoms in total. The van der Waals surface area contributed by atoms with Crippen molar-refractivity contribution in [3.63, 3.8) is 0 Å². The molecule has 0 unspecified atom stereocenters. The Bertz CT molecular complexity index is 789. The molecule has 0 atom stereocenters. The van der Waals surface area contributed by atoms with Gasteiger partial charge in [-0.1, -0.05) is 17.7 Å². The molecule has 0 bridgehead atoms. The predicted octanol–water partition coefficient (Wildman–Crippen LogP) is 4.27. The fourth-order valence-corrected chi connectivity index (χ4v) is 2.47. The van der Waals surface area contributed by atoms with Crippen LogP contribution in [-0.4, -0.2) is 25.9 Å². The Morgan fingerprint density at radius 2 is 1.80 bits per heavy atom. The van der Waals surface area contributed by atoms with E-state index in [0.717, 1.165) is 5.56 Å². The number of methoxy groups -OCH3 is 2. The van der Waals surface area contributed by atoms with E-state index in [9.17, 15) is 9.59 Å². The molecule has 0 aromatic heterocycles. The normalized spacial score (nSPS) is 10.2. The first-order valence-corrected chi connectivity index (χ1v) is 8.13. The van der Waals surface area contributed by atoms with Gasteiger partial charge in [-0.25, -0.2) is 0 Å². The minimum Gasteiger partial charge on any atom is -0.497 e. The summed E-state index contributed by atoms with van der Waals surface area (Å²) in [6.07, 6.45) is 0.146. The average Bonchev–Trinajstić information content (AvgIpc) is 2.62. The van der Waals surface area contributed by atoms with Crippen LogP contribution in [0.1, 0.15) is 28.8 Å². The highest BCUT2D eigenvalue weighted by Gasteiger charge is 2.15. The first-order valence-electron chi connectivity index (χ1n) is 7.76. The van der Waals surface area contributed by atoms with Gasteiger partial charge in [-0.05, 0) is 36.8 Å². The largest absolute Gasteiger partial charge is 0.497 e. The minimum absolute atomic E-state index is 0.0690. The quantitative estimate of drug-likeness (QED) is 0.748. The number of anilines is 1. The Labute approximate surface area is 151 Å². The van der Waals surface area contributed by atoms with Gasteiger partial charge in [-0.3, -0.25) is 9.59 Å². The summed E-state index contributed by atoms with van der Waals surface area (Å²) < 4.78 is 10.3. The van der Waals surface area contributed by atoms with Crippen molar-refractivity contribution < 1.29 is 19.1 Å². The molecule has 0 aliphatic rings. The number of halogens is 1. The van der Waals surface area contributed by atoms with Gasteiger partial charge in [-0.15, -0.1) is 0 Å². The average molecular weight is 362 g/mol. The van der Waals surface area contributed by atoms with E-state index < -0.39 is 0 Å². The summed E-state index contributed by atoms with van der Waals surface area (Å²) in [7, 11) is 3.03. The van der Waals surface area contributed by atoms with Crippen LogP contribution in [0.5, 0.6) is 11.5 Å². The van der Waals surface area contributed by atoms with Crippen molar-refractivity contribution >= 4 is 29.0 Å². The van der Waals surface area contributed by atoms with Crippen LogP contribution >= 0.6 is 11.6 Å². The number of nitrogens with one attached hydrogen (secondary N) is 1. The van der Waals surface area contributed by atoms with Crippen LogP contribution in [-0.2, 0) is 4.79 Å². The molecule has 0 saturated carbocycles. The van der Waals surface area contributed by atoms with Crippen molar-refractivity contribution in [1.29, 1.82) is 0 Å². The number of Topliss-reactive ketones (excluding diaryl/α,β-unsaturated/α-hetero) is 1. The molecule has 0 radical (unpaired) electrons. The van der Waals surface area contributed by atoms with Crippen LogP contribution in [0, 0.1) is 6.92 Å². The van der Waals surface area contributed by atoms with Crippen molar-refractivity contribution in [3.05, 3.63) is 52.5 Å². The number of rotatable bonds is 7. The molecule has 132 valence electrons. The number of hydrogen-bond donors (Lipinski definition) is 1. The zero-order valence-electron chi connectivity index (χ0n) is 14.4. The fourth-order valence-electron chi connectivity index (χ4n) is 2.28. The Hall–Kier alpha value is -2.53. The third kappa shape index (κ3) is 4.97. The summed E-state index contributed by atoms with van der Waals surface area (Å²) in [5.41, 5.74) is 1.96. The first-order chi connectivity index (χ1) is 11.9. The van der Waals surface area contributed by atoms with Gasteiger partial charge in [0.15, 0.2) is 5.78 Å². The lowest BCUT2D eigenvalue weighted by molar-refractivity contribution is -0.116. The number of amides is 1. The maximum atomic E-state index is 12.4. The second kappa shape index (κ2) is 8.53. The van der Waals surface area contributed by atoms with Gasteiger partial charge in [-0.2, -0.15) is 0 Å². The van der Waals surface area contributed by atoms with Gasteiger partial charge < -0.3 is 14.8 Å². The lowest BCUT2D eigenvalue weighted by atomic mass is 10.0. The number of ketones is 1. The summed E-state index contributed by atoms with van der Waals surface area (Å²) >= 11 is 6.03. The topological polar surface area (TPSA) is 64.6 Å². The van der Waals surface area contributed by atoms with Crippen molar-refractivity contribution in [3.8, 4) is 11.5 Å². The number of aryl methyl sites for hydroxylation is 1. The van der Waals surface area contributed by atoms with Crippen LogP contribution in [0.2, 0.25) is 5.02 Å². The van der Waals surface area contributed by atoms with Crippen molar-refractivity contribution in [1.82, 2.24) is 0 Å². The van der Waals surface area contributed by atoms with E-state index in [0.29, 0.717) is 27.8 Å². The summed E-state index contributed by atoms with van der Waals surface area (Å²) in [5, 5.41) is 3.32. The number of carbonyl (C=O) groups excluding carboxylic acids is 2. The smallest absolute Gasteiger partial charge is 0.224 e. The number of carbonyl (C=O) groups is 2. The molecule has 1 amide bonds. The highest BCUT2D eigenvalue weighted by Crippen LogP contribution is 2.26. The van der Waals surface area contributed by atoms with Gasteiger partial charge in [0.2, 0.25) is 5.91 Å². The number of hydrogen-bond acceptors (Lipinski definition) is 4. The van der Waals surface area contributed by atoms with Gasteiger partial charge in [0, 0.05) is 29.6 Å². The van der Waals surface area contributed by atoms with E-state index in [2.05, 4.69) is 5.32 Å². The van der Waals surface area contributed by atoms with Crippen LogP contribution in [0.15, 0.2) is 36.4 Å². The van der Waals surface area contributed by atoms with Crippen molar-refractivity contribution in [2.45, 2.75) is 19.8 Å². The van der Waals surface area contributed by atoms with E-state index in [-0.39, 0.29) is 24.5 Å². The van der Waals surface area contributed by atoms with Gasteiger partial charge >= 0.3 is 0 Å². The molecule has 0 aliphatic carbocycles. The van der Waals surface area contributed by atoms with Crippen LogP contribution in [0.4, 0.5) is 5.69 Å². The van der Waals surface area contributed by atoms with E-state index in [1.807, 2.05) is 13.0 Å². The summed E-state index contributed by atoms with van der Waals surface area (Å²) in [6.45, 7) is 1.88. The molecule has 0 aliphatic heterocycles. The molecular weight excluding hydrogens is 342 g/mol. The van der Waals surface area contributed by atoms with Crippen LogP contribution < -0.4 is 14.8 Å². The molecule has 0 heterocycles. The van der Waals surface area contributed by atoms with Crippen LogP contribution in [0.3, 0.4) is 0 Å². The zero-order chi connectivity index (χ0) is 18.4.